The maximum Gasteiger partial charge on any atom is 0.184 e. The Hall–Kier alpha value is -3.06. The summed E-state index contributed by atoms with van der Waals surface area (Å²) in [7, 11) is 2.17. The largest absolute Gasteiger partial charge is 0.392 e. The topological polar surface area (TPSA) is 68.0 Å². The maximum atomic E-state index is 9.50. The highest BCUT2D eigenvalue weighted by atomic mass is 16.7. The number of aliphatic hydroxyl groups excluding tert-OH is 1. The van der Waals surface area contributed by atoms with Crippen molar-refractivity contribution in [3.8, 4) is 0 Å². The summed E-state index contributed by atoms with van der Waals surface area (Å²) in [6.45, 7) is 5.76. The van der Waals surface area contributed by atoms with Crippen LogP contribution in [0.3, 0.4) is 0 Å². The molecule has 0 aromatic heterocycles. The van der Waals surface area contributed by atoms with Crippen molar-refractivity contribution in [2.45, 2.75) is 51.5 Å². The highest BCUT2D eigenvalue weighted by Gasteiger charge is 2.39. The molecular weight excluding hydrogens is 472 g/mol. The Balaban J connectivity index is 1.39. The van der Waals surface area contributed by atoms with Crippen molar-refractivity contribution in [2.75, 3.05) is 13.6 Å². The van der Waals surface area contributed by atoms with Gasteiger partial charge in [0.25, 0.3) is 0 Å². The fraction of sp³-hybridized carbons (Fsp3) is 0.333. The molecule has 4 aromatic carbocycles. The van der Waals surface area contributed by atoms with Crippen LogP contribution in [-0.2, 0) is 22.6 Å². The Kier molecular flexibility index (Phi) is 8.22. The zero-order valence-electron chi connectivity index (χ0n) is 22.5. The zero-order valence-corrected chi connectivity index (χ0v) is 22.5. The van der Waals surface area contributed by atoms with E-state index in [2.05, 4.69) is 80.4 Å². The number of nitrogens with zero attached hydrogens (tertiary/aromatic N) is 1. The molecule has 198 valence electrons. The van der Waals surface area contributed by atoms with Crippen molar-refractivity contribution in [3.63, 3.8) is 0 Å². The Bertz CT molecular complexity index is 1340. The van der Waals surface area contributed by atoms with Crippen LogP contribution in [0.1, 0.15) is 60.1 Å². The second kappa shape index (κ2) is 11.8. The van der Waals surface area contributed by atoms with Crippen molar-refractivity contribution >= 4 is 10.8 Å². The van der Waals surface area contributed by atoms with E-state index < -0.39 is 6.29 Å². The Labute approximate surface area is 225 Å². The summed E-state index contributed by atoms with van der Waals surface area (Å²) in [4.78, 5) is 2.37. The van der Waals surface area contributed by atoms with Gasteiger partial charge in [0.15, 0.2) is 6.29 Å². The molecule has 3 N–H and O–H groups in total. The number of ether oxygens (including phenoxy) is 2. The van der Waals surface area contributed by atoms with Gasteiger partial charge in [-0.3, -0.25) is 4.90 Å². The average Bonchev–Trinajstić information content (AvgIpc) is 2.97. The SMILES string of the molecule is C[C@@H]1[C@H](CN(C)[C@H](C)c2ccc3ccccc3c2)O[C@H](c2ccc(CN)cc2)O[C@@H]1c1ccc(CO)cc1. The average molecular weight is 511 g/mol. The molecule has 1 saturated heterocycles. The van der Waals surface area contributed by atoms with Gasteiger partial charge in [-0.05, 0) is 53.1 Å². The van der Waals surface area contributed by atoms with E-state index in [1.807, 2.05) is 36.4 Å². The summed E-state index contributed by atoms with van der Waals surface area (Å²) in [5.74, 6) is 0.126. The van der Waals surface area contributed by atoms with Crippen LogP contribution >= 0.6 is 0 Å². The minimum Gasteiger partial charge on any atom is -0.392 e. The lowest BCUT2D eigenvalue weighted by Crippen LogP contribution is -2.44. The van der Waals surface area contributed by atoms with Gasteiger partial charge in [-0.25, -0.2) is 0 Å². The van der Waals surface area contributed by atoms with Crippen molar-refractivity contribution in [3.05, 3.63) is 119 Å². The normalized spacial score (nSPS) is 22.6. The van der Waals surface area contributed by atoms with E-state index in [9.17, 15) is 5.11 Å². The van der Waals surface area contributed by atoms with Gasteiger partial charge in [0.1, 0.15) is 0 Å². The first-order valence-electron chi connectivity index (χ1n) is 13.4. The van der Waals surface area contributed by atoms with Gasteiger partial charge in [-0.2, -0.15) is 0 Å². The van der Waals surface area contributed by atoms with Crippen molar-refractivity contribution < 1.29 is 14.6 Å². The number of fused-ring (bicyclic) bond motifs is 1. The minimum atomic E-state index is -0.477. The molecule has 1 fully saturated rings. The van der Waals surface area contributed by atoms with Gasteiger partial charge in [0, 0.05) is 30.6 Å². The Morgan fingerprint density at radius 3 is 2.18 bits per heavy atom. The highest BCUT2D eigenvalue weighted by Crippen LogP contribution is 2.42. The van der Waals surface area contributed by atoms with Gasteiger partial charge in [-0.15, -0.1) is 0 Å². The molecule has 5 rings (SSSR count). The number of benzene rings is 4. The number of nitrogens with two attached hydrogens (primary N) is 1. The quantitative estimate of drug-likeness (QED) is 0.292. The molecule has 5 nitrogen and oxygen atoms in total. The summed E-state index contributed by atoms with van der Waals surface area (Å²) >= 11 is 0. The van der Waals surface area contributed by atoms with Gasteiger partial charge >= 0.3 is 0 Å². The maximum absolute atomic E-state index is 9.50. The van der Waals surface area contributed by atoms with E-state index in [-0.39, 0.29) is 30.8 Å². The van der Waals surface area contributed by atoms with Crippen LogP contribution in [-0.4, -0.2) is 29.7 Å². The van der Waals surface area contributed by atoms with Crippen LogP contribution in [0.25, 0.3) is 10.8 Å². The van der Waals surface area contributed by atoms with Crippen molar-refractivity contribution in [2.24, 2.45) is 11.7 Å². The molecule has 0 bridgehead atoms. The number of rotatable bonds is 8. The second-order valence-electron chi connectivity index (χ2n) is 10.5. The third kappa shape index (κ3) is 5.68. The fourth-order valence-corrected chi connectivity index (χ4v) is 5.30. The molecular formula is C33H38N2O3. The molecule has 0 saturated carbocycles. The summed E-state index contributed by atoms with van der Waals surface area (Å²) in [6.07, 6.45) is -0.654. The van der Waals surface area contributed by atoms with Crippen LogP contribution < -0.4 is 5.73 Å². The predicted octanol–water partition coefficient (Wildman–Crippen LogP) is 6.28. The summed E-state index contributed by atoms with van der Waals surface area (Å²) in [5, 5.41) is 12.0. The first kappa shape index (κ1) is 26.5. The summed E-state index contributed by atoms with van der Waals surface area (Å²) < 4.78 is 13.2. The number of hydrogen-bond acceptors (Lipinski definition) is 5. The second-order valence-corrected chi connectivity index (χ2v) is 10.5. The lowest BCUT2D eigenvalue weighted by molar-refractivity contribution is -0.276. The standard InChI is InChI=1S/C33H38N2O3/c1-22-31(20-35(3)23(2)29-17-16-26-6-4-5-7-30(26)18-29)37-33(28-14-8-24(19-34)9-15-28)38-32(22)27-12-10-25(21-36)11-13-27/h4-18,22-23,31-33,36H,19-21,34H2,1-3H3/t22-,23-,31+,32+,33+/m1/s1. The summed E-state index contributed by atoms with van der Waals surface area (Å²) in [5.41, 5.74) is 11.2. The molecule has 1 aliphatic heterocycles. The Morgan fingerprint density at radius 1 is 0.842 bits per heavy atom. The van der Waals surface area contributed by atoms with Crippen molar-refractivity contribution in [1.82, 2.24) is 4.90 Å². The number of likely N-dealkylation sites (N-methyl/N-ethyl adjacent to an activating group) is 1. The predicted molar refractivity (Wildman–Crippen MR) is 152 cm³/mol. The molecule has 5 atom stereocenters. The monoisotopic (exact) mass is 510 g/mol. The third-order valence-electron chi connectivity index (χ3n) is 8.00. The van der Waals surface area contributed by atoms with Crippen molar-refractivity contribution in [1.29, 1.82) is 0 Å². The van der Waals surface area contributed by atoms with Crippen LogP contribution in [0.5, 0.6) is 0 Å². The molecule has 0 aliphatic carbocycles. The summed E-state index contributed by atoms with van der Waals surface area (Å²) in [6, 6.07) is 31.7. The molecule has 5 heteroatoms. The first-order chi connectivity index (χ1) is 18.5. The zero-order chi connectivity index (χ0) is 26.6. The molecule has 0 spiro atoms. The smallest absolute Gasteiger partial charge is 0.184 e. The molecule has 1 heterocycles. The van der Waals surface area contributed by atoms with Gasteiger partial charge < -0.3 is 20.3 Å². The lowest BCUT2D eigenvalue weighted by Gasteiger charge is -2.43. The first-order valence-corrected chi connectivity index (χ1v) is 13.4. The molecule has 0 unspecified atom stereocenters. The molecule has 0 radical (unpaired) electrons. The number of hydrogen-bond donors (Lipinski definition) is 2. The van der Waals surface area contributed by atoms with E-state index in [0.29, 0.717) is 6.54 Å². The highest BCUT2D eigenvalue weighted by molar-refractivity contribution is 5.83. The molecule has 0 amide bonds. The third-order valence-corrected chi connectivity index (χ3v) is 8.00. The van der Waals surface area contributed by atoms with E-state index in [4.69, 9.17) is 15.2 Å². The lowest BCUT2D eigenvalue weighted by atomic mass is 9.89. The fourth-order valence-electron chi connectivity index (χ4n) is 5.30. The van der Waals surface area contributed by atoms with Crippen LogP contribution in [0.4, 0.5) is 0 Å². The van der Waals surface area contributed by atoms with Gasteiger partial charge in [0.05, 0.1) is 18.8 Å². The van der Waals surface area contributed by atoms with E-state index in [0.717, 1.165) is 28.8 Å². The van der Waals surface area contributed by atoms with Gasteiger partial charge in [0.2, 0.25) is 0 Å². The van der Waals surface area contributed by atoms with Crippen LogP contribution in [0, 0.1) is 5.92 Å². The van der Waals surface area contributed by atoms with Gasteiger partial charge in [-0.1, -0.05) is 91.9 Å². The van der Waals surface area contributed by atoms with Crippen LogP contribution in [0.2, 0.25) is 0 Å². The van der Waals surface area contributed by atoms with E-state index in [1.165, 1.54) is 16.3 Å². The minimum absolute atomic E-state index is 0.0284. The number of aliphatic hydroxyl groups is 1. The molecule has 38 heavy (non-hydrogen) atoms. The van der Waals surface area contributed by atoms with E-state index in [1.54, 1.807) is 0 Å². The molecule has 1 aliphatic rings. The Morgan fingerprint density at radius 2 is 1.50 bits per heavy atom. The van der Waals surface area contributed by atoms with Crippen LogP contribution in [0.15, 0.2) is 91.0 Å². The van der Waals surface area contributed by atoms with E-state index >= 15 is 0 Å². The molecule has 4 aromatic rings.